The van der Waals surface area contributed by atoms with E-state index < -0.39 is 4.92 Å². The zero-order chi connectivity index (χ0) is 9.84. The smallest absolute Gasteiger partial charge is 0.258 e. The van der Waals surface area contributed by atoms with Crippen LogP contribution in [0.2, 0.25) is 0 Å². The van der Waals surface area contributed by atoms with E-state index in [2.05, 4.69) is 20.9 Å². The molecular formula is C7H4BrN3O2. The van der Waals surface area contributed by atoms with E-state index in [1.165, 1.54) is 6.07 Å². The van der Waals surface area contributed by atoms with Crippen molar-refractivity contribution in [3.8, 4) is 6.07 Å². The van der Waals surface area contributed by atoms with E-state index in [0.717, 1.165) is 6.20 Å². The summed E-state index contributed by atoms with van der Waals surface area (Å²) in [6, 6.07) is 3.23. The summed E-state index contributed by atoms with van der Waals surface area (Å²) in [5.74, 6) is 0. The Bertz CT molecular complexity index is 386. The van der Waals surface area contributed by atoms with Gasteiger partial charge in [-0.2, -0.15) is 5.26 Å². The molecule has 0 atom stereocenters. The minimum atomic E-state index is -0.541. The SMILES string of the molecule is N#CCc1cc([N+](=O)[O-])cnc1Br. The molecular weight excluding hydrogens is 238 g/mol. The van der Waals surface area contributed by atoms with Crippen LogP contribution in [0.3, 0.4) is 0 Å². The van der Waals surface area contributed by atoms with Crippen LogP contribution in [0.15, 0.2) is 16.9 Å². The maximum absolute atomic E-state index is 10.3. The standard InChI is InChI=1S/C7H4BrN3O2/c8-7-5(1-2-9)3-6(4-10-7)11(12)13/h3-4H,1H2. The lowest BCUT2D eigenvalue weighted by Crippen LogP contribution is -1.93. The van der Waals surface area contributed by atoms with Crippen molar-refractivity contribution >= 4 is 21.6 Å². The number of hydrogen-bond donors (Lipinski definition) is 0. The first-order chi connectivity index (χ1) is 6.15. The molecule has 1 rings (SSSR count). The predicted octanol–water partition coefficient (Wildman–Crippen LogP) is 1.82. The van der Waals surface area contributed by atoms with Crippen molar-refractivity contribution in [2.45, 2.75) is 6.42 Å². The fourth-order valence-electron chi connectivity index (χ4n) is 0.790. The first kappa shape index (κ1) is 9.61. The minimum absolute atomic E-state index is 0.103. The average Bonchev–Trinajstić information content (AvgIpc) is 2.08. The molecule has 13 heavy (non-hydrogen) atoms. The topological polar surface area (TPSA) is 79.8 Å². The third kappa shape index (κ3) is 2.23. The third-order valence-corrected chi connectivity index (χ3v) is 2.09. The summed E-state index contributed by atoms with van der Waals surface area (Å²) in [7, 11) is 0. The van der Waals surface area contributed by atoms with Crippen LogP contribution in [0.25, 0.3) is 0 Å². The molecule has 0 aliphatic carbocycles. The Morgan fingerprint density at radius 1 is 1.77 bits per heavy atom. The van der Waals surface area contributed by atoms with Gasteiger partial charge in [0, 0.05) is 11.6 Å². The summed E-state index contributed by atoms with van der Waals surface area (Å²) in [5, 5.41) is 18.7. The van der Waals surface area contributed by atoms with Crippen molar-refractivity contribution in [2.24, 2.45) is 0 Å². The van der Waals surface area contributed by atoms with Gasteiger partial charge in [0.05, 0.1) is 17.4 Å². The molecule has 0 aliphatic heterocycles. The van der Waals surface area contributed by atoms with E-state index in [-0.39, 0.29) is 12.1 Å². The monoisotopic (exact) mass is 241 g/mol. The van der Waals surface area contributed by atoms with Gasteiger partial charge in [0.25, 0.3) is 5.69 Å². The van der Waals surface area contributed by atoms with Crippen LogP contribution >= 0.6 is 15.9 Å². The molecule has 1 aromatic heterocycles. The molecule has 1 aromatic rings. The van der Waals surface area contributed by atoms with Gasteiger partial charge in [-0.05, 0) is 15.9 Å². The fraction of sp³-hybridized carbons (Fsp3) is 0.143. The lowest BCUT2D eigenvalue weighted by atomic mass is 10.2. The Hall–Kier alpha value is -1.48. The van der Waals surface area contributed by atoms with Crippen molar-refractivity contribution in [1.29, 1.82) is 5.26 Å². The van der Waals surface area contributed by atoms with Crippen molar-refractivity contribution in [3.05, 3.63) is 32.5 Å². The van der Waals surface area contributed by atoms with E-state index >= 15 is 0 Å². The highest BCUT2D eigenvalue weighted by molar-refractivity contribution is 9.10. The number of rotatable bonds is 2. The van der Waals surface area contributed by atoms with E-state index in [9.17, 15) is 10.1 Å². The van der Waals surface area contributed by atoms with Gasteiger partial charge in [0.15, 0.2) is 0 Å². The number of nitro groups is 1. The highest BCUT2D eigenvalue weighted by atomic mass is 79.9. The van der Waals surface area contributed by atoms with Crippen LogP contribution in [0.4, 0.5) is 5.69 Å². The number of hydrogen-bond acceptors (Lipinski definition) is 4. The van der Waals surface area contributed by atoms with Crippen molar-refractivity contribution in [1.82, 2.24) is 4.98 Å². The largest absolute Gasteiger partial charge is 0.287 e. The van der Waals surface area contributed by atoms with Crippen molar-refractivity contribution in [2.75, 3.05) is 0 Å². The summed E-state index contributed by atoms with van der Waals surface area (Å²) in [4.78, 5) is 13.5. The van der Waals surface area contributed by atoms with Gasteiger partial charge in [0.1, 0.15) is 10.8 Å². The van der Waals surface area contributed by atoms with Crippen LogP contribution in [0.5, 0.6) is 0 Å². The molecule has 0 bridgehead atoms. The molecule has 66 valence electrons. The molecule has 0 spiro atoms. The second-order valence-electron chi connectivity index (χ2n) is 2.24. The van der Waals surface area contributed by atoms with Crippen LogP contribution in [0.1, 0.15) is 5.56 Å². The summed E-state index contributed by atoms with van der Waals surface area (Å²) in [6.07, 6.45) is 1.25. The normalized spacial score (nSPS) is 9.23. The summed E-state index contributed by atoms with van der Waals surface area (Å²) >= 11 is 3.10. The molecule has 0 aromatic carbocycles. The minimum Gasteiger partial charge on any atom is -0.258 e. The molecule has 0 fully saturated rings. The molecule has 5 nitrogen and oxygen atoms in total. The van der Waals surface area contributed by atoms with Crippen LogP contribution < -0.4 is 0 Å². The van der Waals surface area contributed by atoms with Crippen LogP contribution in [-0.4, -0.2) is 9.91 Å². The Balaban J connectivity index is 3.12. The highest BCUT2D eigenvalue weighted by Crippen LogP contribution is 2.19. The van der Waals surface area contributed by atoms with Crippen molar-refractivity contribution < 1.29 is 4.92 Å². The maximum Gasteiger partial charge on any atom is 0.287 e. The zero-order valence-corrected chi connectivity index (χ0v) is 7.98. The Morgan fingerprint density at radius 2 is 2.46 bits per heavy atom. The van der Waals surface area contributed by atoms with Crippen molar-refractivity contribution in [3.63, 3.8) is 0 Å². The first-order valence-corrected chi connectivity index (χ1v) is 4.10. The van der Waals surface area contributed by atoms with Crippen LogP contribution in [-0.2, 0) is 6.42 Å². The Labute approximate surface area is 82.3 Å². The Kier molecular flexibility index (Phi) is 2.93. The van der Waals surface area contributed by atoms with Gasteiger partial charge < -0.3 is 0 Å². The summed E-state index contributed by atoms with van der Waals surface area (Å²) in [6.45, 7) is 0. The zero-order valence-electron chi connectivity index (χ0n) is 6.40. The molecule has 0 N–H and O–H groups in total. The number of halogens is 1. The van der Waals surface area contributed by atoms with Crippen LogP contribution in [0, 0.1) is 21.4 Å². The lowest BCUT2D eigenvalue weighted by Gasteiger charge is -1.97. The summed E-state index contributed by atoms with van der Waals surface area (Å²) < 4.78 is 0.472. The highest BCUT2D eigenvalue weighted by Gasteiger charge is 2.09. The molecule has 0 saturated heterocycles. The predicted molar refractivity (Wildman–Crippen MR) is 47.9 cm³/mol. The average molecular weight is 242 g/mol. The lowest BCUT2D eigenvalue weighted by molar-refractivity contribution is -0.385. The molecule has 0 amide bonds. The molecule has 0 radical (unpaired) electrons. The number of nitrogens with zero attached hydrogens (tertiary/aromatic N) is 3. The van der Waals surface area contributed by atoms with Gasteiger partial charge in [-0.1, -0.05) is 0 Å². The molecule has 6 heteroatoms. The molecule has 0 saturated carbocycles. The second-order valence-corrected chi connectivity index (χ2v) is 2.99. The molecule has 0 unspecified atom stereocenters. The van der Waals surface area contributed by atoms with E-state index in [1.54, 1.807) is 0 Å². The van der Waals surface area contributed by atoms with E-state index in [1.807, 2.05) is 6.07 Å². The first-order valence-electron chi connectivity index (χ1n) is 3.31. The van der Waals surface area contributed by atoms with Gasteiger partial charge in [-0.15, -0.1) is 0 Å². The fourth-order valence-corrected chi connectivity index (χ4v) is 1.15. The maximum atomic E-state index is 10.3. The van der Waals surface area contributed by atoms with Gasteiger partial charge >= 0.3 is 0 Å². The number of nitriles is 1. The molecule has 0 aliphatic rings. The molecule has 1 heterocycles. The number of aromatic nitrogens is 1. The second kappa shape index (κ2) is 3.96. The van der Waals surface area contributed by atoms with Gasteiger partial charge in [0.2, 0.25) is 0 Å². The van der Waals surface area contributed by atoms with E-state index in [4.69, 9.17) is 5.26 Å². The summed E-state index contributed by atoms with van der Waals surface area (Å²) in [5.41, 5.74) is 0.421. The van der Waals surface area contributed by atoms with E-state index in [0.29, 0.717) is 10.2 Å². The number of pyridine rings is 1. The van der Waals surface area contributed by atoms with Gasteiger partial charge in [-0.25, -0.2) is 4.98 Å². The Morgan fingerprint density at radius 3 is 3.00 bits per heavy atom. The van der Waals surface area contributed by atoms with Gasteiger partial charge in [-0.3, -0.25) is 10.1 Å². The quantitative estimate of drug-likeness (QED) is 0.450. The third-order valence-electron chi connectivity index (χ3n) is 1.38.